The number of hydrogen-bond donors (Lipinski definition) is 2. The van der Waals surface area contributed by atoms with Crippen LogP contribution >= 0.6 is 11.5 Å². The minimum Gasteiger partial charge on any atom is -0.478 e. The van der Waals surface area contributed by atoms with Crippen LogP contribution in [0.15, 0.2) is 0 Å². The number of aromatic carboxylic acids is 1. The average Bonchev–Trinajstić information content (AvgIpc) is 2.70. The third-order valence-corrected chi connectivity index (χ3v) is 5.98. The van der Waals surface area contributed by atoms with E-state index in [1.165, 1.54) is 30.8 Å². The van der Waals surface area contributed by atoms with Crippen LogP contribution in [-0.4, -0.2) is 21.5 Å². The van der Waals surface area contributed by atoms with Gasteiger partial charge in [-0.25, -0.2) is 4.79 Å². The topological polar surface area (TPSA) is 62.2 Å². The number of carboxylic acid groups (broad SMARTS) is 1. The summed E-state index contributed by atoms with van der Waals surface area (Å²) in [4.78, 5) is 11.2. The Bertz CT molecular complexity index is 511. The summed E-state index contributed by atoms with van der Waals surface area (Å²) in [5, 5.41) is 13.4. The molecule has 0 amide bonds. The molecule has 18 heavy (non-hydrogen) atoms. The molecule has 3 fully saturated rings. The van der Waals surface area contributed by atoms with E-state index in [1.54, 1.807) is 6.92 Å². The Hall–Kier alpha value is -1.10. The van der Waals surface area contributed by atoms with Gasteiger partial charge >= 0.3 is 5.97 Å². The molecule has 3 aliphatic carbocycles. The summed E-state index contributed by atoms with van der Waals surface area (Å²) in [5.41, 5.74) is 1.00. The standard InChI is InChI=1S/C13H16N2O2S/c1-5-8(13(16)17)12(18-15-5)14-11-9-6-2-3-7(4-6)10(9)11/h6-7,9-11,14H,2-4H2,1H3,(H,16,17). The Balaban J connectivity index is 1.55. The first-order valence-electron chi connectivity index (χ1n) is 6.63. The molecule has 4 unspecified atom stereocenters. The summed E-state index contributed by atoms with van der Waals surface area (Å²) in [6.45, 7) is 1.77. The number of aromatic nitrogens is 1. The molecule has 4 nitrogen and oxygen atoms in total. The minimum absolute atomic E-state index is 0.373. The molecular formula is C13H16N2O2S. The highest BCUT2D eigenvalue weighted by Crippen LogP contribution is 2.66. The number of rotatable bonds is 3. The zero-order chi connectivity index (χ0) is 12.4. The van der Waals surface area contributed by atoms with Gasteiger partial charge in [-0.15, -0.1) is 0 Å². The number of anilines is 1. The molecule has 0 aliphatic heterocycles. The van der Waals surface area contributed by atoms with E-state index in [0.29, 0.717) is 17.3 Å². The molecule has 4 atom stereocenters. The van der Waals surface area contributed by atoms with Crippen molar-refractivity contribution in [2.45, 2.75) is 32.2 Å². The van der Waals surface area contributed by atoms with Gasteiger partial charge in [0.1, 0.15) is 10.6 Å². The van der Waals surface area contributed by atoms with Crippen LogP contribution in [0.2, 0.25) is 0 Å². The number of carboxylic acids is 1. The second-order valence-corrected chi connectivity index (χ2v) is 6.71. The van der Waals surface area contributed by atoms with Crippen LogP contribution < -0.4 is 5.32 Å². The summed E-state index contributed by atoms with van der Waals surface area (Å²) in [6.07, 6.45) is 4.19. The SMILES string of the molecule is Cc1nsc(NC2C3C4CCC(C4)C23)c1C(=O)O. The second-order valence-electron chi connectivity index (χ2n) is 5.94. The summed E-state index contributed by atoms with van der Waals surface area (Å²) < 4.78 is 4.16. The molecule has 3 saturated carbocycles. The molecule has 1 heterocycles. The van der Waals surface area contributed by atoms with Gasteiger partial charge in [0.25, 0.3) is 0 Å². The molecular weight excluding hydrogens is 248 g/mol. The van der Waals surface area contributed by atoms with Crippen molar-refractivity contribution in [3.05, 3.63) is 11.3 Å². The Morgan fingerprint density at radius 1 is 1.39 bits per heavy atom. The van der Waals surface area contributed by atoms with Crippen LogP contribution in [-0.2, 0) is 0 Å². The molecule has 0 spiro atoms. The first kappa shape index (κ1) is 10.8. The first-order valence-corrected chi connectivity index (χ1v) is 7.40. The van der Waals surface area contributed by atoms with E-state index < -0.39 is 5.97 Å². The van der Waals surface area contributed by atoms with Crippen molar-refractivity contribution in [1.82, 2.24) is 4.37 Å². The van der Waals surface area contributed by atoms with Gasteiger partial charge in [-0.3, -0.25) is 0 Å². The number of nitrogens with zero attached hydrogens (tertiary/aromatic N) is 1. The van der Waals surface area contributed by atoms with Crippen molar-refractivity contribution < 1.29 is 9.90 Å². The predicted octanol–water partition coefficient (Wildman–Crippen LogP) is 2.61. The van der Waals surface area contributed by atoms with Crippen molar-refractivity contribution in [1.29, 1.82) is 0 Å². The zero-order valence-electron chi connectivity index (χ0n) is 10.2. The molecule has 1 aromatic rings. The minimum atomic E-state index is -0.863. The van der Waals surface area contributed by atoms with Gasteiger partial charge in [0.15, 0.2) is 0 Å². The van der Waals surface area contributed by atoms with Gasteiger partial charge in [0.2, 0.25) is 0 Å². The number of hydrogen-bond acceptors (Lipinski definition) is 4. The Morgan fingerprint density at radius 3 is 2.67 bits per heavy atom. The van der Waals surface area contributed by atoms with Crippen LogP contribution in [0.3, 0.4) is 0 Å². The zero-order valence-corrected chi connectivity index (χ0v) is 11.0. The van der Waals surface area contributed by atoms with Gasteiger partial charge in [0.05, 0.1) is 5.69 Å². The number of nitrogens with one attached hydrogen (secondary N) is 1. The smallest absolute Gasteiger partial charge is 0.340 e. The molecule has 2 N–H and O–H groups in total. The predicted molar refractivity (Wildman–Crippen MR) is 69.0 cm³/mol. The molecule has 0 saturated heterocycles. The molecule has 1 aromatic heterocycles. The van der Waals surface area contributed by atoms with Crippen LogP contribution in [0.4, 0.5) is 5.00 Å². The van der Waals surface area contributed by atoms with Crippen molar-refractivity contribution in [2.24, 2.45) is 23.7 Å². The fourth-order valence-corrected chi connectivity index (χ4v) is 5.22. The summed E-state index contributed by atoms with van der Waals surface area (Å²) in [6, 6.07) is 0.522. The Labute approximate surface area is 110 Å². The quantitative estimate of drug-likeness (QED) is 0.881. The molecule has 96 valence electrons. The van der Waals surface area contributed by atoms with E-state index in [-0.39, 0.29) is 0 Å². The van der Waals surface area contributed by atoms with Gasteiger partial charge in [0, 0.05) is 6.04 Å². The van der Waals surface area contributed by atoms with Gasteiger partial charge in [-0.05, 0) is 61.4 Å². The van der Waals surface area contributed by atoms with Crippen LogP contribution in [0, 0.1) is 30.6 Å². The largest absolute Gasteiger partial charge is 0.478 e. The van der Waals surface area contributed by atoms with Crippen LogP contribution in [0.5, 0.6) is 0 Å². The number of aryl methyl sites for hydroxylation is 1. The number of fused-ring (bicyclic) bond motifs is 5. The lowest BCUT2D eigenvalue weighted by Gasteiger charge is -2.10. The summed E-state index contributed by atoms with van der Waals surface area (Å²) >= 11 is 1.29. The molecule has 3 aliphatic rings. The second kappa shape index (κ2) is 3.47. The van der Waals surface area contributed by atoms with Crippen molar-refractivity contribution in [2.75, 3.05) is 5.32 Å². The van der Waals surface area contributed by atoms with Crippen LogP contribution in [0.1, 0.15) is 35.3 Å². The van der Waals surface area contributed by atoms with E-state index in [4.69, 9.17) is 0 Å². The lowest BCUT2D eigenvalue weighted by molar-refractivity contribution is 0.0697. The maximum atomic E-state index is 11.2. The van der Waals surface area contributed by atoms with Crippen molar-refractivity contribution >= 4 is 22.5 Å². The van der Waals surface area contributed by atoms with Crippen LogP contribution in [0.25, 0.3) is 0 Å². The lowest BCUT2D eigenvalue weighted by atomic mass is 10.0. The monoisotopic (exact) mass is 264 g/mol. The maximum Gasteiger partial charge on any atom is 0.340 e. The van der Waals surface area contributed by atoms with E-state index in [9.17, 15) is 9.90 Å². The Morgan fingerprint density at radius 2 is 2.06 bits per heavy atom. The van der Waals surface area contributed by atoms with E-state index in [1.807, 2.05) is 0 Å². The number of carbonyl (C=O) groups is 1. The summed E-state index contributed by atoms with van der Waals surface area (Å²) in [5.74, 6) is 2.57. The normalized spacial score (nSPS) is 39.7. The molecule has 2 bridgehead atoms. The fraction of sp³-hybridized carbons (Fsp3) is 0.692. The fourth-order valence-electron chi connectivity index (χ4n) is 4.39. The average molecular weight is 264 g/mol. The van der Waals surface area contributed by atoms with Gasteiger partial charge < -0.3 is 10.4 Å². The maximum absolute atomic E-state index is 11.2. The van der Waals surface area contributed by atoms with Crippen molar-refractivity contribution in [3.8, 4) is 0 Å². The molecule has 0 aromatic carbocycles. The summed E-state index contributed by atoms with van der Waals surface area (Å²) in [7, 11) is 0. The Kier molecular flexibility index (Phi) is 2.08. The van der Waals surface area contributed by atoms with E-state index in [0.717, 1.165) is 28.7 Å². The third kappa shape index (κ3) is 1.31. The van der Waals surface area contributed by atoms with Gasteiger partial charge in [-0.2, -0.15) is 4.37 Å². The highest BCUT2D eigenvalue weighted by atomic mass is 32.1. The first-order chi connectivity index (χ1) is 8.66. The molecule has 4 rings (SSSR count). The van der Waals surface area contributed by atoms with Crippen molar-refractivity contribution in [3.63, 3.8) is 0 Å². The lowest BCUT2D eigenvalue weighted by Crippen LogP contribution is -2.14. The third-order valence-electron chi connectivity index (χ3n) is 5.11. The highest BCUT2D eigenvalue weighted by Gasteiger charge is 2.65. The highest BCUT2D eigenvalue weighted by molar-refractivity contribution is 7.10. The van der Waals surface area contributed by atoms with Gasteiger partial charge in [-0.1, -0.05) is 0 Å². The molecule has 5 heteroatoms. The van der Waals surface area contributed by atoms with E-state index in [2.05, 4.69) is 9.69 Å². The van der Waals surface area contributed by atoms with E-state index >= 15 is 0 Å². The molecule has 0 radical (unpaired) electrons.